The van der Waals surface area contributed by atoms with Crippen molar-refractivity contribution in [2.75, 3.05) is 0 Å². The summed E-state index contributed by atoms with van der Waals surface area (Å²) in [6.45, 7) is 0. The molecular formula is C65H40N4O. The molecule has 0 saturated carbocycles. The molecule has 3 heterocycles. The minimum Gasteiger partial charge on any atom is -0.456 e. The third kappa shape index (κ3) is 6.44. The van der Waals surface area contributed by atoms with E-state index in [0.29, 0.717) is 17.5 Å². The standard InChI is InChI=1S/C65H40N4O/c1-5-19-41(20-6-1)52-40-54(65-67-63(45-26-11-4-12-27-45)66-64(68-65)48-33-35-51-50-31-17-18-32-57(50)70-58(51)39-48)59(43-22-7-2-8-23-43)60(44-24-9-3-10-25-44)62(52)69-55-36-34-42-21-15-16-30-49(42)61(55)53-37-46-28-13-14-29-47(46)38-56(53)69/h1-40H. The largest absolute Gasteiger partial charge is 0.456 e. The van der Waals surface area contributed by atoms with Gasteiger partial charge in [0.15, 0.2) is 17.5 Å². The molecule has 0 unspecified atom stereocenters. The van der Waals surface area contributed by atoms with E-state index in [2.05, 4.69) is 211 Å². The lowest BCUT2D eigenvalue weighted by molar-refractivity contribution is 0.669. The summed E-state index contributed by atoms with van der Waals surface area (Å²) in [4.78, 5) is 16.2. The van der Waals surface area contributed by atoms with Gasteiger partial charge in [-0.15, -0.1) is 0 Å². The molecule has 0 spiro atoms. The molecule has 0 N–H and O–H groups in total. The first kappa shape index (κ1) is 39.7. The van der Waals surface area contributed by atoms with E-state index < -0.39 is 0 Å². The van der Waals surface area contributed by atoms with E-state index in [4.69, 9.17) is 19.4 Å². The molecule has 5 nitrogen and oxygen atoms in total. The fourth-order valence-electron chi connectivity index (χ4n) is 10.6. The maximum Gasteiger partial charge on any atom is 0.164 e. The minimum absolute atomic E-state index is 0.554. The van der Waals surface area contributed by atoms with Gasteiger partial charge in [0.05, 0.1) is 16.7 Å². The SMILES string of the molecule is c1ccc(-c2nc(-c3ccc4c(c3)oc3ccccc34)nc(-c3cc(-c4ccccc4)c(-n4c5cc6ccccc6cc5c5c6ccccc6ccc54)c(-c4ccccc4)c3-c3ccccc3)n2)cc1. The molecule has 0 atom stereocenters. The third-order valence-electron chi connectivity index (χ3n) is 13.8. The molecule has 0 saturated heterocycles. The quantitative estimate of drug-likeness (QED) is 0.160. The van der Waals surface area contributed by atoms with Crippen LogP contribution < -0.4 is 0 Å². The predicted molar refractivity (Wildman–Crippen MR) is 289 cm³/mol. The molecule has 0 aliphatic carbocycles. The third-order valence-corrected chi connectivity index (χ3v) is 13.8. The molecule has 0 amide bonds. The zero-order chi connectivity index (χ0) is 46.1. The van der Waals surface area contributed by atoms with Crippen LogP contribution in [0.5, 0.6) is 0 Å². The van der Waals surface area contributed by atoms with Gasteiger partial charge in [-0.1, -0.05) is 200 Å². The summed E-state index contributed by atoms with van der Waals surface area (Å²) in [5, 5.41) is 9.34. The highest BCUT2D eigenvalue weighted by molar-refractivity contribution is 6.24. The van der Waals surface area contributed by atoms with Gasteiger partial charge in [0.2, 0.25) is 0 Å². The molecule has 0 aliphatic heterocycles. The number of nitrogens with zero attached hydrogens (tertiary/aromatic N) is 4. The van der Waals surface area contributed by atoms with Crippen LogP contribution in [0.25, 0.3) is 139 Å². The molecule has 14 aromatic rings. The number of benzene rings is 11. The highest BCUT2D eigenvalue weighted by Gasteiger charge is 2.29. The average Bonchev–Trinajstić information content (AvgIpc) is 3.97. The maximum atomic E-state index is 6.43. The van der Waals surface area contributed by atoms with Crippen LogP contribution in [0, 0.1) is 0 Å². The number of aromatic nitrogens is 4. The highest BCUT2D eigenvalue weighted by atomic mass is 16.3. The summed E-state index contributed by atoms with van der Waals surface area (Å²) >= 11 is 0. The zero-order valence-electron chi connectivity index (χ0n) is 37.8. The van der Waals surface area contributed by atoms with E-state index in [1.54, 1.807) is 0 Å². The van der Waals surface area contributed by atoms with Gasteiger partial charge < -0.3 is 8.98 Å². The van der Waals surface area contributed by atoms with Crippen LogP contribution in [0.3, 0.4) is 0 Å². The van der Waals surface area contributed by atoms with E-state index in [1.165, 1.54) is 32.3 Å². The molecule has 3 aromatic heterocycles. The molecule has 0 radical (unpaired) electrons. The second-order valence-electron chi connectivity index (χ2n) is 17.9. The topological polar surface area (TPSA) is 56.7 Å². The Labute approximate surface area is 403 Å². The van der Waals surface area contributed by atoms with Crippen LogP contribution in [0.1, 0.15) is 0 Å². The van der Waals surface area contributed by atoms with Crippen LogP contribution in [0.15, 0.2) is 247 Å². The Morgan fingerprint density at radius 3 is 1.56 bits per heavy atom. The molecule has 0 fully saturated rings. The lowest BCUT2D eigenvalue weighted by Crippen LogP contribution is -2.06. The first-order valence-electron chi connectivity index (χ1n) is 23.7. The Hall–Kier alpha value is -9.45. The first-order valence-corrected chi connectivity index (χ1v) is 23.7. The van der Waals surface area contributed by atoms with Gasteiger partial charge in [-0.05, 0) is 80.7 Å². The Morgan fingerprint density at radius 2 is 0.843 bits per heavy atom. The molecule has 326 valence electrons. The van der Waals surface area contributed by atoms with Gasteiger partial charge in [0.1, 0.15) is 11.2 Å². The number of rotatable bonds is 7. The Balaban J connectivity index is 1.16. The van der Waals surface area contributed by atoms with Crippen molar-refractivity contribution in [2.45, 2.75) is 0 Å². The zero-order valence-corrected chi connectivity index (χ0v) is 37.8. The van der Waals surface area contributed by atoms with E-state index in [0.717, 1.165) is 88.7 Å². The van der Waals surface area contributed by atoms with Crippen LogP contribution in [-0.2, 0) is 0 Å². The van der Waals surface area contributed by atoms with Crippen molar-refractivity contribution in [3.05, 3.63) is 243 Å². The fourth-order valence-corrected chi connectivity index (χ4v) is 10.6. The van der Waals surface area contributed by atoms with Crippen molar-refractivity contribution in [1.82, 2.24) is 19.5 Å². The summed E-state index contributed by atoms with van der Waals surface area (Å²) in [6.07, 6.45) is 0. The predicted octanol–water partition coefficient (Wildman–Crippen LogP) is 17.2. The second kappa shape index (κ2) is 16.1. The van der Waals surface area contributed by atoms with Crippen molar-refractivity contribution in [2.24, 2.45) is 0 Å². The Bertz CT molecular complexity index is 4330. The van der Waals surface area contributed by atoms with Crippen molar-refractivity contribution < 1.29 is 4.42 Å². The average molecular weight is 893 g/mol. The van der Waals surface area contributed by atoms with Crippen LogP contribution in [0.2, 0.25) is 0 Å². The van der Waals surface area contributed by atoms with Gasteiger partial charge in [0, 0.05) is 54.9 Å². The number of para-hydroxylation sites is 1. The molecule has 0 aliphatic rings. The van der Waals surface area contributed by atoms with Gasteiger partial charge in [0.25, 0.3) is 0 Å². The number of furan rings is 1. The molecule has 14 rings (SSSR count). The Kier molecular flexibility index (Phi) is 9.14. The fraction of sp³-hybridized carbons (Fsp3) is 0. The van der Waals surface area contributed by atoms with E-state index in [9.17, 15) is 0 Å². The van der Waals surface area contributed by atoms with Crippen LogP contribution in [0.4, 0.5) is 0 Å². The normalized spacial score (nSPS) is 11.7. The molecule has 5 heteroatoms. The smallest absolute Gasteiger partial charge is 0.164 e. The lowest BCUT2D eigenvalue weighted by Gasteiger charge is -2.25. The van der Waals surface area contributed by atoms with Crippen molar-refractivity contribution in [3.63, 3.8) is 0 Å². The van der Waals surface area contributed by atoms with Crippen molar-refractivity contribution in [1.29, 1.82) is 0 Å². The summed E-state index contributed by atoms with van der Waals surface area (Å²) in [5.41, 5.74) is 13.9. The lowest BCUT2D eigenvalue weighted by atomic mass is 9.84. The number of hydrogen-bond acceptors (Lipinski definition) is 4. The molecular weight excluding hydrogens is 853 g/mol. The van der Waals surface area contributed by atoms with E-state index in [1.807, 2.05) is 36.4 Å². The minimum atomic E-state index is 0.554. The summed E-state index contributed by atoms with van der Waals surface area (Å²) in [7, 11) is 0. The number of hydrogen-bond donors (Lipinski definition) is 0. The second-order valence-corrected chi connectivity index (χ2v) is 17.9. The van der Waals surface area contributed by atoms with Gasteiger partial charge in [-0.25, -0.2) is 15.0 Å². The maximum absolute atomic E-state index is 6.43. The van der Waals surface area contributed by atoms with Crippen LogP contribution >= 0.6 is 0 Å². The molecule has 70 heavy (non-hydrogen) atoms. The monoisotopic (exact) mass is 892 g/mol. The van der Waals surface area contributed by atoms with Gasteiger partial charge in [-0.2, -0.15) is 0 Å². The molecule has 0 bridgehead atoms. The highest BCUT2D eigenvalue weighted by Crippen LogP contribution is 2.51. The Morgan fingerprint density at radius 1 is 0.300 bits per heavy atom. The van der Waals surface area contributed by atoms with Crippen LogP contribution in [-0.4, -0.2) is 19.5 Å². The van der Waals surface area contributed by atoms with Gasteiger partial charge in [-0.3, -0.25) is 0 Å². The first-order chi connectivity index (χ1) is 34.7. The number of fused-ring (bicyclic) bond motifs is 9. The van der Waals surface area contributed by atoms with Crippen molar-refractivity contribution >= 4 is 65.3 Å². The molecule has 11 aromatic carbocycles. The summed E-state index contributed by atoms with van der Waals surface area (Å²) in [6, 6.07) is 86.1. The summed E-state index contributed by atoms with van der Waals surface area (Å²) < 4.78 is 8.96. The van der Waals surface area contributed by atoms with E-state index >= 15 is 0 Å². The van der Waals surface area contributed by atoms with Crippen molar-refractivity contribution in [3.8, 4) is 73.2 Å². The van der Waals surface area contributed by atoms with E-state index in [-0.39, 0.29) is 0 Å². The van der Waals surface area contributed by atoms with Gasteiger partial charge >= 0.3 is 0 Å². The summed E-state index contributed by atoms with van der Waals surface area (Å²) in [5.74, 6) is 1.70.